The molecule has 1 rings (SSSR count). The molecule has 0 radical (unpaired) electrons. The number of aliphatic hydroxyl groups is 1. The molecule has 4 heteroatoms. The highest BCUT2D eigenvalue weighted by molar-refractivity contribution is 5.23. The third kappa shape index (κ3) is 4.27. The molecule has 0 saturated heterocycles. The minimum Gasteiger partial charge on any atom is -0.396 e. The number of halogens is 1. The molecule has 0 aliphatic heterocycles. The van der Waals surface area contributed by atoms with Crippen LogP contribution >= 0.6 is 0 Å². The number of hydrogen-bond donors (Lipinski definition) is 2. The van der Waals surface area contributed by atoms with Crippen molar-refractivity contribution in [1.82, 2.24) is 4.90 Å². The molecule has 19 heavy (non-hydrogen) atoms. The zero-order chi connectivity index (χ0) is 14.3. The van der Waals surface area contributed by atoms with E-state index in [9.17, 15) is 4.39 Å². The van der Waals surface area contributed by atoms with Gasteiger partial charge in [-0.25, -0.2) is 4.39 Å². The van der Waals surface area contributed by atoms with E-state index in [4.69, 9.17) is 10.8 Å². The van der Waals surface area contributed by atoms with Crippen molar-refractivity contribution in [3.63, 3.8) is 0 Å². The maximum Gasteiger partial charge on any atom is 0.128 e. The lowest BCUT2D eigenvalue weighted by molar-refractivity contribution is 0.156. The molecule has 0 aliphatic rings. The maximum atomic E-state index is 14.0. The van der Waals surface area contributed by atoms with E-state index < -0.39 is 0 Å². The summed E-state index contributed by atoms with van der Waals surface area (Å²) in [4.78, 5) is 2.14. The molecular formula is C15H25FN2O. The van der Waals surface area contributed by atoms with Crippen LogP contribution in [0, 0.1) is 5.82 Å². The van der Waals surface area contributed by atoms with E-state index in [-0.39, 0.29) is 24.5 Å². The lowest BCUT2D eigenvalue weighted by atomic mass is 9.95. The summed E-state index contributed by atoms with van der Waals surface area (Å²) in [5.41, 5.74) is 6.85. The Hall–Kier alpha value is -0.970. The number of rotatable bonds is 8. The Morgan fingerprint density at radius 1 is 1.32 bits per heavy atom. The van der Waals surface area contributed by atoms with Gasteiger partial charge >= 0.3 is 0 Å². The Kier molecular flexibility index (Phi) is 6.99. The first-order valence-electron chi connectivity index (χ1n) is 7.00. The Morgan fingerprint density at radius 2 is 2.00 bits per heavy atom. The Balaban J connectivity index is 3.03. The number of nitrogens with zero attached hydrogens (tertiary/aromatic N) is 1. The molecule has 0 fully saturated rings. The number of likely N-dealkylation sites (N-methyl/N-ethyl adjacent to an activating group) is 1. The Labute approximate surface area is 115 Å². The smallest absolute Gasteiger partial charge is 0.128 e. The fraction of sp³-hybridized carbons (Fsp3) is 0.600. The van der Waals surface area contributed by atoms with Gasteiger partial charge in [-0.3, -0.25) is 4.90 Å². The van der Waals surface area contributed by atoms with Crippen LogP contribution in [0.2, 0.25) is 0 Å². The van der Waals surface area contributed by atoms with Crippen LogP contribution in [0.3, 0.4) is 0 Å². The SMILES string of the molecule is CCC(N)C(c1ccccc1F)N(CC)CCCO. The molecule has 0 heterocycles. The van der Waals surface area contributed by atoms with Gasteiger partial charge in [0.15, 0.2) is 0 Å². The molecule has 3 N–H and O–H groups in total. The topological polar surface area (TPSA) is 49.5 Å². The zero-order valence-corrected chi connectivity index (χ0v) is 11.8. The number of aliphatic hydroxyl groups excluding tert-OH is 1. The van der Waals surface area contributed by atoms with Crippen molar-refractivity contribution >= 4 is 0 Å². The fourth-order valence-corrected chi connectivity index (χ4v) is 2.40. The van der Waals surface area contributed by atoms with Gasteiger partial charge < -0.3 is 10.8 Å². The summed E-state index contributed by atoms with van der Waals surface area (Å²) in [6.45, 7) is 5.69. The van der Waals surface area contributed by atoms with Gasteiger partial charge in [0.2, 0.25) is 0 Å². The molecule has 0 bridgehead atoms. The van der Waals surface area contributed by atoms with E-state index in [1.54, 1.807) is 12.1 Å². The average Bonchev–Trinajstić information content (AvgIpc) is 2.44. The maximum absolute atomic E-state index is 14.0. The van der Waals surface area contributed by atoms with E-state index >= 15 is 0 Å². The monoisotopic (exact) mass is 268 g/mol. The number of hydrogen-bond acceptors (Lipinski definition) is 3. The molecule has 2 unspecified atom stereocenters. The summed E-state index contributed by atoms with van der Waals surface area (Å²) < 4.78 is 14.0. The minimum absolute atomic E-state index is 0.115. The second-order valence-electron chi connectivity index (χ2n) is 4.74. The summed E-state index contributed by atoms with van der Waals surface area (Å²) in [7, 11) is 0. The van der Waals surface area contributed by atoms with Crippen molar-refractivity contribution in [2.24, 2.45) is 5.73 Å². The zero-order valence-electron chi connectivity index (χ0n) is 11.8. The van der Waals surface area contributed by atoms with Crippen LogP contribution in [0.5, 0.6) is 0 Å². The summed E-state index contributed by atoms with van der Waals surface area (Å²) >= 11 is 0. The first kappa shape index (κ1) is 16.1. The Bertz CT molecular complexity index is 373. The lowest BCUT2D eigenvalue weighted by Gasteiger charge is -2.35. The molecule has 0 saturated carbocycles. The molecule has 1 aromatic carbocycles. The largest absolute Gasteiger partial charge is 0.396 e. The third-order valence-electron chi connectivity index (χ3n) is 3.50. The first-order valence-corrected chi connectivity index (χ1v) is 7.00. The van der Waals surface area contributed by atoms with E-state index in [0.29, 0.717) is 12.0 Å². The van der Waals surface area contributed by atoms with Crippen LogP contribution in [0.1, 0.15) is 38.3 Å². The van der Waals surface area contributed by atoms with Crippen LogP contribution in [0.4, 0.5) is 4.39 Å². The van der Waals surface area contributed by atoms with Crippen molar-refractivity contribution < 1.29 is 9.50 Å². The third-order valence-corrected chi connectivity index (χ3v) is 3.50. The van der Waals surface area contributed by atoms with Gasteiger partial charge in [0.1, 0.15) is 5.82 Å². The van der Waals surface area contributed by atoms with Gasteiger partial charge in [-0.1, -0.05) is 32.0 Å². The van der Waals surface area contributed by atoms with Crippen LogP contribution in [0.15, 0.2) is 24.3 Å². The fourth-order valence-electron chi connectivity index (χ4n) is 2.40. The van der Waals surface area contributed by atoms with Crippen LogP contribution in [-0.2, 0) is 0 Å². The van der Waals surface area contributed by atoms with Gasteiger partial charge in [-0.15, -0.1) is 0 Å². The molecule has 3 nitrogen and oxygen atoms in total. The lowest BCUT2D eigenvalue weighted by Crippen LogP contribution is -2.42. The normalized spacial score (nSPS) is 14.6. The molecular weight excluding hydrogens is 243 g/mol. The average molecular weight is 268 g/mol. The minimum atomic E-state index is -0.209. The predicted octanol–water partition coefficient (Wildman–Crippen LogP) is 2.31. The molecule has 0 aliphatic carbocycles. The molecule has 1 aromatic rings. The molecule has 0 amide bonds. The highest BCUT2D eigenvalue weighted by Crippen LogP contribution is 2.27. The van der Waals surface area contributed by atoms with E-state index in [0.717, 1.165) is 19.5 Å². The first-order chi connectivity index (χ1) is 9.15. The summed E-state index contributed by atoms with van der Waals surface area (Å²) in [5.74, 6) is -0.209. The summed E-state index contributed by atoms with van der Waals surface area (Å²) in [6, 6.07) is 6.56. The second-order valence-corrected chi connectivity index (χ2v) is 4.74. The van der Waals surface area contributed by atoms with Crippen molar-refractivity contribution in [2.75, 3.05) is 19.7 Å². The van der Waals surface area contributed by atoms with Crippen molar-refractivity contribution in [3.8, 4) is 0 Å². The van der Waals surface area contributed by atoms with Crippen LogP contribution in [0.25, 0.3) is 0 Å². The molecule has 0 spiro atoms. The van der Waals surface area contributed by atoms with Gasteiger partial charge in [-0.05, 0) is 25.5 Å². The predicted molar refractivity (Wildman–Crippen MR) is 76.4 cm³/mol. The van der Waals surface area contributed by atoms with Gasteiger partial charge in [0.05, 0.1) is 6.04 Å². The molecule has 2 atom stereocenters. The van der Waals surface area contributed by atoms with Crippen LogP contribution < -0.4 is 5.73 Å². The van der Waals surface area contributed by atoms with E-state index in [1.807, 2.05) is 19.9 Å². The highest BCUT2D eigenvalue weighted by atomic mass is 19.1. The quantitative estimate of drug-likeness (QED) is 0.760. The van der Waals surface area contributed by atoms with Crippen molar-refractivity contribution in [1.29, 1.82) is 0 Å². The van der Waals surface area contributed by atoms with E-state index in [1.165, 1.54) is 6.07 Å². The number of benzene rings is 1. The Morgan fingerprint density at radius 3 is 2.53 bits per heavy atom. The van der Waals surface area contributed by atoms with Gasteiger partial charge in [-0.2, -0.15) is 0 Å². The summed E-state index contributed by atoms with van der Waals surface area (Å²) in [6.07, 6.45) is 1.46. The van der Waals surface area contributed by atoms with Crippen molar-refractivity contribution in [2.45, 2.75) is 38.8 Å². The standard InChI is InChI=1S/C15H25FN2O/c1-3-14(17)15(18(4-2)10-7-11-19)12-8-5-6-9-13(12)16/h5-6,8-9,14-15,19H,3-4,7,10-11,17H2,1-2H3. The summed E-state index contributed by atoms with van der Waals surface area (Å²) in [5, 5.41) is 8.98. The molecule has 0 aromatic heterocycles. The molecule has 108 valence electrons. The highest BCUT2D eigenvalue weighted by Gasteiger charge is 2.26. The van der Waals surface area contributed by atoms with Gasteiger partial charge in [0, 0.05) is 24.8 Å². The number of nitrogens with two attached hydrogens (primary N) is 1. The second kappa shape index (κ2) is 8.25. The van der Waals surface area contributed by atoms with Crippen molar-refractivity contribution in [3.05, 3.63) is 35.6 Å². The van der Waals surface area contributed by atoms with Gasteiger partial charge in [0.25, 0.3) is 0 Å². The van der Waals surface area contributed by atoms with Crippen LogP contribution in [-0.4, -0.2) is 35.7 Å². The van der Waals surface area contributed by atoms with E-state index in [2.05, 4.69) is 4.90 Å².